The van der Waals surface area contributed by atoms with Gasteiger partial charge in [-0.05, 0) is 43.3 Å². The van der Waals surface area contributed by atoms with Gasteiger partial charge in [0.25, 0.3) is 0 Å². The van der Waals surface area contributed by atoms with E-state index in [2.05, 4.69) is 10.6 Å². The molecule has 0 unspecified atom stereocenters. The minimum atomic E-state index is -0.110. The smallest absolute Gasteiger partial charge is 0.238 e. The summed E-state index contributed by atoms with van der Waals surface area (Å²) in [6.07, 6.45) is 1.61. The van der Waals surface area contributed by atoms with Crippen LogP contribution in [0.15, 0.2) is 47.1 Å². The van der Waals surface area contributed by atoms with Gasteiger partial charge in [0.1, 0.15) is 5.76 Å². The summed E-state index contributed by atoms with van der Waals surface area (Å²) in [5.41, 5.74) is 0.724. The normalized spacial score (nSPS) is 12.1. The number of amides is 1. The number of rotatable bonds is 5. The van der Waals surface area contributed by atoms with E-state index in [1.807, 2.05) is 19.1 Å². The number of hydrogen-bond donors (Lipinski definition) is 2. The Balaban J connectivity index is 1.80. The second kappa shape index (κ2) is 6.41. The lowest BCUT2D eigenvalue weighted by Gasteiger charge is -2.11. The van der Waals surface area contributed by atoms with E-state index in [0.29, 0.717) is 5.02 Å². The van der Waals surface area contributed by atoms with Gasteiger partial charge in [0, 0.05) is 10.7 Å². The highest BCUT2D eigenvalue weighted by atomic mass is 35.5. The van der Waals surface area contributed by atoms with Crippen molar-refractivity contribution in [3.05, 3.63) is 53.4 Å². The number of hydrogen-bond acceptors (Lipinski definition) is 3. The van der Waals surface area contributed by atoms with Gasteiger partial charge in [0.2, 0.25) is 5.91 Å². The number of furan rings is 1. The lowest BCUT2D eigenvalue weighted by Crippen LogP contribution is -2.29. The monoisotopic (exact) mass is 278 g/mol. The summed E-state index contributed by atoms with van der Waals surface area (Å²) in [4.78, 5) is 11.7. The first-order chi connectivity index (χ1) is 9.15. The van der Waals surface area contributed by atoms with Crippen LogP contribution in [0.2, 0.25) is 5.02 Å². The summed E-state index contributed by atoms with van der Waals surface area (Å²) in [6, 6.07) is 10.7. The second-order valence-corrected chi connectivity index (χ2v) is 4.61. The van der Waals surface area contributed by atoms with E-state index < -0.39 is 0 Å². The fraction of sp³-hybridized carbons (Fsp3) is 0.214. The molecular formula is C14H15ClN2O2. The van der Waals surface area contributed by atoms with E-state index in [1.54, 1.807) is 30.5 Å². The van der Waals surface area contributed by atoms with Crippen molar-refractivity contribution in [2.75, 3.05) is 11.9 Å². The Hall–Kier alpha value is -1.78. The van der Waals surface area contributed by atoms with Crippen molar-refractivity contribution in [1.82, 2.24) is 5.32 Å². The quantitative estimate of drug-likeness (QED) is 0.883. The molecular weight excluding hydrogens is 264 g/mol. The molecule has 2 rings (SSSR count). The van der Waals surface area contributed by atoms with Crippen LogP contribution >= 0.6 is 11.6 Å². The fourth-order valence-electron chi connectivity index (χ4n) is 1.62. The number of carbonyl (C=O) groups is 1. The van der Waals surface area contributed by atoms with Crippen LogP contribution in [0.5, 0.6) is 0 Å². The van der Waals surface area contributed by atoms with Crippen molar-refractivity contribution in [3.63, 3.8) is 0 Å². The molecule has 19 heavy (non-hydrogen) atoms. The Kier molecular flexibility index (Phi) is 4.60. The third kappa shape index (κ3) is 4.12. The van der Waals surface area contributed by atoms with Gasteiger partial charge < -0.3 is 9.73 Å². The van der Waals surface area contributed by atoms with Crippen molar-refractivity contribution < 1.29 is 9.21 Å². The van der Waals surface area contributed by atoms with Crippen molar-refractivity contribution in [3.8, 4) is 0 Å². The Bertz CT molecular complexity index is 523. The highest BCUT2D eigenvalue weighted by molar-refractivity contribution is 6.30. The maximum Gasteiger partial charge on any atom is 0.238 e. The summed E-state index contributed by atoms with van der Waals surface area (Å²) < 4.78 is 5.25. The molecule has 100 valence electrons. The highest BCUT2D eigenvalue weighted by Gasteiger charge is 2.09. The summed E-state index contributed by atoms with van der Waals surface area (Å²) in [6.45, 7) is 2.15. The fourth-order valence-corrected chi connectivity index (χ4v) is 1.75. The van der Waals surface area contributed by atoms with Gasteiger partial charge in [-0.2, -0.15) is 0 Å². The van der Waals surface area contributed by atoms with Crippen LogP contribution in [0.25, 0.3) is 0 Å². The van der Waals surface area contributed by atoms with E-state index in [-0.39, 0.29) is 18.5 Å². The van der Waals surface area contributed by atoms with Gasteiger partial charge in [-0.3, -0.25) is 10.1 Å². The average molecular weight is 279 g/mol. The molecule has 0 radical (unpaired) electrons. The molecule has 1 amide bonds. The molecule has 2 aromatic rings. The zero-order valence-corrected chi connectivity index (χ0v) is 11.3. The maximum absolute atomic E-state index is 11.7. The Morgan fingerprint density at radius 3 is 2.68 bits per heavy atom. The standard InChI is InChI=1S/C14H15ClN2O2/c1-10(13-3-2-8-19-13)16-9-14(18)17-12-6-4-11(15)5-7-12/h2-8,10,16H,9H2,1H3,(H,17,18)/t10-/m0/s1. The number of nitrogens with one attached hydrogen (secondary N) is 2. The third-order valence-corrected chi connectivity index (χ3v) is 2.92. The van der Waals surface area contributed by atoms with Crippen LogP contribution in [0.4, 0.5) is 5.69 Å². The van der Waals surface area contributed by atoms with Crippen molar-refractivity contribution in [1.29, 1.82) is 0 Å². The molecule has 0 fully saturated rings. The maximum atomic E-state index is 11.7. The second-order valence-electron chi connectivity index (χ2n) is 4.17. The molecule has 1 atom stereocenters. The molecule has 2 N–H and O–H groups in total. The van der Waals surface area contributed by atoms with Gasteiger partial charge in [0.15, 0.2) is 0 Å². The number of anilines is 1. The van der Waals surface area contributed by atoms with Crippen molar-refractivity contribution in [2.45, 2.75) is 13.0 Å². The molecule has 0 aliphatic carbocycles. The van der Waals surface area contributed by atoms with Gasteiger partial charge >= 0.3 is 0 Å². The molecule has 0 aliphatic heterocycles. The predicted octanol–water partition coefficient (Wildman–Crippen LogP) is 3.22. The minimum Gasteiger partial charge on any atom is -0.468 e. The van der Waals surface area contributed by atoms with E-state index >= 15 is 0 Å². The Labute approximate surface area is 116 Å². The van der Waals surface area contributed by atoms with Crippen LogP contribution < -0.4 is 10.6 Å². The van der Waals surface area contributed by atoms with Crippen LogP contribution in [-0.2, 0) is 4.79 Å². The Morgan fingerprint density at radius 1 is 1.32 bits per heavy atom. The predicted molar refractivity (Wildman–Crippen MR) is 75.2 cm³/mol. The van der Waals surface area contributed by atoms with Crippen LogP contribution in [-0.4, -0.2) is 12.5 Å². The average Bonchev–Trinajstić information content (AvgIpc) is 2.93. The number of halogens is 1. The van der Waals surface area contributed by atoms with Gasteiger partial charge in [-0.1, -0.05) is 11.6 Å². The molecule has 0 aliphatic rings. The first-order valence-corrected chi connectivity index (χ1v) is 6.35. The van der Waals surface area contributed by atoms with Crippen molar-refractivity contribution >= 4 is 23.2 Å². The largest absolute Gasteiger partial charge is 0.468 e. The van der Waals surface area contributed by atoms with Crippen LogP contribution in [0, 0.1) is 0 Å². The summed E-state index contributed by atoms with van der Waals surface area (Å²) >= 11 is 5.77. The summed E-state index contributed by atoms with van der Waals surface area (Å²) in [5.74, 6) is 0.694. The molecule has 1 heterocycles. The van der Waals surface area contributed by atoms with E-state index in [9.17, 15) is 4.79 Å². The van der Waals surface area contributed by atoms with E-state index in [4.69, 9.17) is 16.0 Å². The minimum absolute atomic E-state index is 0.00836. The molecule has 0 saturated carbocycles. The van der Waals surface area contributed by atoms with Crippen LogP contribution in [0.3, 0.4) is 0 Å². The molecule has 1 aromatic carbocycles. The van der Waals surface area contributed by atoms with E-state index in [1.165, 1.54) is 0 Å². The third-order valence-electron chi connectivity index (χ3n) is 2.67. The summed E-state index contributed by atoms with van der Waals surface area (Å²) in [5, 5.41) is 6.50. The summed E-state index contributed by atoms with van der Waals surface area (Å²) in [7, 11) is 0. The number of carbonyl (C=O) groups excluding carboxylic acids is 1. The number of benzene rings is 1. The SMILES string of the molecule is C[C@H](NCC(=O)Nc1ccc(Cl)cc1)c1ccco1. The highest BCUT2D eigenvalue weighted by Crippen LogP contribution is 2.14. The van der Waals surface area contributed by atoms with Gasteiger partial charge in [0.05, 0.1) is 18.8 Å². The first-order valence-electron chi connectivity index (χ1n) is 5.97. The van der Waals surface area contributed by atoms with Crippen molar-refractivity contribution in [2.24, 2.45) is 0 Å². The molecule has 0 saturated heterocycles. The molecule has 0 spiro atoms. The lowest BCUT2D eigenvalue weighted by molar-refractivity contribution is -0.115. The van der Waals surface area contributed by atoms with E-state index in [0.717, 1.165) is 11.4 Å². The Morgan fingerprint density at radius 2 is 2.05 bits per heavy atom. The van der Waals surface area contributed by atoms with Gasteiger partial charge in [-0.25, -0.2) is 0 Å². The lowest BCUT2D eigenvalue weighted by atomic mass is 10.2. The van der Waals surface area contributed by atoms with Crippen LogP contribution in [0.1, 0.15) is 18.7 Å². The molecule has 0 bridgehead atoms. The zero-order valence-electron chi connectivity index (χ0n) is 10.5. The van der Waals surface area contributed by atoms with Gasteiger partial charge in [-0.15, -0.1) is 0 Å². The molecule has 1 aromatic heterocycles. The first kappa shape index (κ1) is 13.6. The topological polar surface area (TPSA) is 54.3 Å². The molecule has 4 nitrogen and oxygen atoms in total. The zero-order chi connectivity index (χ0) is 13.7. The molecule has 5 heteroatoms.